The Hall–Kier alpha value is -3.41. The lowest BCUT2D eigenvalue weighted by molar-refractivity contribution is -0.116. The van der Waals surface area contributed by atoms with Crippen molar-refractivity contribution in [2.45, 2.75) is 26.4 Å². The van der Waals surface area contributed by atoms with E-state index in [2.05, 4.69) is 45.8 Å². The summed E-state index contributed by atoms with van der Waals surface area (Å²) < 4.78 is 3.67. The first-order chi connectivity index (χ1) is 13.2. The van der Waals surface area contributed by atoms with Crippen molar-refractivity contribution in [3.05, 3.63) is 78.4 Å². The van der Waals surface area contributed by atoms with E-state index in [1.54, 1.807) is 12.4 Å². The zero-order valence-electron chi connectivity index (χ0n) is 15.2. The molecule has 0 unspecified atom stereocenters. The smallest absolute Gasteiger partial charge is 0.226 e. The fourth-order valence-corrected chi connectivity index (χ4v) is 3.18. The van der Waals surface area contributed by atoms with Crippen molar-refractivity contribution in [1.29, 1.82) is 0 Å². The number of amides is 1. The summed E-state index contributed by atoms with van der Waals surface area (Å²) in [6.45, 7) is 3.20. The second kappa shape index (κ2) is 7.45. The molecule has 136 valence electrons. The Bertz CT molecular complexity index is 1070. The number of carbonyl (C=O) groups is 1. The van der Waals surface area contributed by atoms with Gasteiger partial charge in [-0.05, 0) is 29.3 Å². The molecule has 6 nitrogen and oxygen atoms in total. The average Bonchev–Trinajstić information content (AvgIpc) is 3.29. The van der Waals surface area contributed by atoms with E-state index >= 15 is 0 Å². The molecular formula is C21H21N5O. The second-order valence-electron chi connectivity index (χ2n) is 6.56. The zero-order chi connectivity index (χ0) is 18.6. The summed E-state index contributed by atoms with van der Waals surface area (Å²) in [4.78, 5) is 12.2. The van der Waals surface area contributed by atoms with E-state index in [0.29, 0.717) is 25.2 Å². The maximum Gasteiger partial charge on any atom is 0.226 e. The summed E-state index contributed by atoms with van der Waals surface area (Å²) in [5, 5.41) is 13.9. The number of hydrogen-bond donors (Lipinski definition) is 1. The van der Waals surface area contributed by atoms with Crippen LogP contribution in [0.5, 0.6) is 0 Å². The highest BCUT2D eigenvalue weighted by Gasteiger charge is 2.07. The van der Waals surface area contributed by atoms with Crippen LogP contribution in [0.4, 0.5) is 5.69 Å². The molecule has 2 aromatic heterocycles. The normalized spacial score (nSPS) is 11.0. The van der Waals surface area contributed by atoms with Crippen LogP contribution in [0.15, 0.2) is 67.1 Å². The summed E-state index contributed by atoms with van der Waals surface area (Å²) in [6.07, 6.45) is 5.66. The average molecular weight is 359 g/mol. The Morgan fingerprint density at radius 2 is 1.93 bits per heavy atom. The topological polar surface area (TPSA) is 64.7 Å². The van der Waals surface area contributed by atoms with Gasteiger partial charge in [-0.15, -0.1) is 0 Å². The maximum atomic E-state index is 12.2. The van der Waals surface area contributed by atoms with Gasteiger partial charge in [0.2, 0.25) is 5.91 Å². The van der Waals surface area contributed by atoms with Crippen molar-refractivity contribution in [1.82, 2.24) is 19.6 Å². The Morgan fingerprint density at radius 3 is 2.78 bits per heavy atom. The number of fused-ring (bicyclic) bond motifs is 1. The molecule has 27 heavy (non-hydrogen) atoms. The van der Waals surface area contributed by atoms with Gasteiger partial charge in [-0.2, -0.15) is 10.2 Å². The summed E-state index contributed by atoms with van der Waals surface area (Å²) in [7, 11) is 0. The molecule has 0 aliphatic rings. The number of nitrogens with one attached hydrogen (secondary N) is 1. The van der Waals surface area contributed by atoms with Gasteiger partial charge in [0.05, 0.1) is 18.4 Å². The highest BCUT2D eigenvalue weighted by atomic mass is 16.1. The highest BCUT2D eigenvalue weighted by molar-refractivity contribution is 5.90. The first kappa shape index (κ1) is 17.0. The Morgan fingerprint density at radius 1 is 1.07 bits per heavy atom. The van der Waals surface area contributed by atoms with E-state index in [1.807, 2.05) is 40.7 Å². The highest BCUT2D eigenvalue weighted by Crippen LogP contribution is 2.19. The molecule has 0 aliphatic carbocycles. The molecule has 0 radical (unpaired) electrons. The molecule has 4 rings (SSSR count). The van der Waals surface area contributed by atoms with E-state index in [0.717, 1.165) is 5.69 Å². The Kier molecular flexibility index (Phi) is 4.70. The van der Waals surface area contributed by atoms with Crippen LogP contribution in [0.25, 0.3) is 10.8 Å². The zero-order valence-corrected chi connectivity index (χ0v) is 15.2. The van der Waals surface area contributed by atoms with Crippen molar-refractivity contribution in [3.63, 3.8) is 0 Å². The Labute approximate surface area is 157 Å². The van der Waals surface area contributed by atoms with Crippen molar-refractivity contribution < 1.29 is 4.79 Å². The van der Waals surface area contributed by atoms with Crippen molar-refractivity contribution in [2.75, 3.05) is 5.32 Å². The van der Waals surface area contributed by atoms with E-state index < -0.39 is 0 Å². The molecule has 1 amide bonds. The second-order valence-corrected chi connectivity index (χ2v) is 6.56. The summed E-state index contributed by atoms with van der Waals surface area (Å²) >= 11 is 0. The number of rotatable bonds is 6. The fraction of sp³-hybridized carbons (Fsp3) is 0.190. The van der Waals surface area contributed by atoms with Gasteiger partial charge in [0.15, 0.2) is 0 Å². The molecule has 6 heteroatoms. The molecule has 2 heterocycles. The van der Waals surface area contributed by atoms with Crippen LogP contribution >= 0.6 is 0 Å². The minimum absolute atomic E-state index is 0.0467. The number of nitrogens with zero attached hydrogens (tertiary/aromatic N) is 4. The van der Waals surface area contributed by atoms with Gasteiger partial charge >= 0.3 is 0 Å². The van der Waals surface area contributed by atoms with Gasteiger partial charge in [-0.3, -0.25) is 14.2 Å². The predicted octanol–water partition coefficient (Wildman–Crippen LogP) is 3.62. The van der Waals surface area contributed by atoms with Gasteiger partial charge in [0, 0.05) is 31.1 Å². The van der Waals surface area contributed by atoms with E-state index in [-0.39, 0.29) is 5.91 Å². The molecular weight excluding hydrogens is 338 g/mol. The largest absolute Gasteiger partial charge is 0.323 e. The molecule has 0 fully saturated rings. The summed E-state index contributed by atoms with van der Waals surface area (Å²) in [5.74, 6) is -0.0467. The molecule has 1 N–H and O–H groups in total. The monoisotopic (exact) mass is 359 g/mol. The van der Waals surface area contributed by atoms with Gasteiger partial charge < -0.3 is 5.32 Å². The minimum atomic E-state index is -0.0467. The molecule has 0 atom stereocenters. The number of aryl methyl sites for hydroxylation is 2. The minimum Gasteiger partial charge on any atom is -0.323 e. The third-order valence-electron chi connectivity index (χ3n) is 4.61. The molecule has 0 saturated heterocycles. The SMILES string of the molecule is Cc1ccnn1CCC(=O)Nc1cnn(Cc2cccc3ccccc23)c1. The van der Waals surface area contributed by atoms with Crippen LogP contribution in [0.2, 0.25) is 0 Å². The van der Waals surface area contributed by atoms with E-state index in [9.17, 15) is 4.79 Å². The molecule has 2 aromatic carbocycles. The summed E-state index contributed by atoms with van der Waals surface area (Å²) in [6, 6.07) is 16.5. The van der Waals surface area contributed by atoms with E-state index in [1.165, 1.54) is 16.3 Å². The van der Waals surface area contributed by atoms with Crippen LogP contribution in [-0.2, 0) is 17.9 Å². The van der Waals surface area contributed by atoms with Crippen LogP contribution < -0.4 is 5.32 Å². The molecule has 0 saturated carbocycles. The summed E-state index contributed by atoms with van der Waals surface area (Å²) in [5.41, 5.74) is 2.95. The van der Waals surface area contributed by atoms with Crippen LogP contribution in [0.3, 0.4) is 0 Å². The first-order valence-electron chi connectivity index (χ1n) is 8.96. The molecule has 0 spiro atoms. The quantitative estimate of drug-likeness (QED) is 0.572. The number of carbonyl (C=O) groups excluding carboxylic acids is 1. The molecule has 4 aromatic rings. The number of benzene rings is 2. The van der Waals surface area contributed by atoms with Gasteiger partial charge in [0.1, 0.15) is 0 Å². The predicted molar refractivity (Wildman–Crippen MR) is 105 cm³/mol. The maximum absolute atomic E-state index is 12.2. The number of hydrogen-bond acceptors (Lipinski definition) is 3. The van der Waals surface area contributed by atoms with Crippen molar-refractivity contribution >= 4 is 22.4 Å². The lowest BCUT2D eigenvalue weighted by atomic mass is 10.0. The number of aromatic nitrogens is 4. The first-order valence-corrected chi connectivity index (χ1v) is 8.96. The third-order valence-corrected chi connectivity index (χ3v) is 4.61. The van der Waals surface area contributed by atoms with Gasteiger partial charge in [-0.1, -0.05) is 42.5 Å². The van der Waals surface area contributed by atoms with Crippen LogP contribution in [0, 0.1) is 6.92 Å². The van der Waals surface area contributed by atoms with Crippen LogP contribution in [0.1, 0.15) is 17.7 Å². The van der Waals surface area contributed by atoms with Crippen molar-refractivity contribution in [2.24, 2.45) is 0 Å². The van der Waals surface area contributed by atoms with Gasteiger partial charge in [0.25, 0.3) is 0 Å². The Balaban J connectivity index is 1.39. The molecule has 0 bridgehead atoms. The molecule has 0 aliphatic heterocycles. The number of anilines is 1. The lowest BCUT2D eigenvalue weighted by Crippen LogP contribution is -2.15. The van der Waals surface area contributed by atoms with Crippen LogP contribution in [-0.4, -0.2) is 25.5 Å². The standard InChI is InChI=1S/C21H21N5O/c1-16-9-11-22-26(16)12-10-21(27)24-19-13-23-25(15-19)14-18-7-4-6-17-5-2-3-8-20(17)18/h2-9,11,13,15H,10,12,14H2,1H3,(H,24,27). The lowest BCUT2D eigenvalue weighted by Gasteiger charge is -2.07. The van der Waals surface area contributed by atoms with Gasteiger partial charge in [-0.25, -0.2) is 0 Å². The third kappa shape index (κ3) is 3.89. The van der Waals surface area contributed by atoms with E-state index in [4.69, 9.17) is 0 Å². The van der Waals surface area contributed by atoms with Crippen molar-refractivity contribution in [3.8, 4) is 0 Å². The fourth-order valence-electron chi connectivity index (χ4n) is 3.18.